The van der Waals surface area contributed by atoms with Crippen molar-refractivity contribution >= 4 is 8.32 Å². The molecule has 0 unspecified atom stereocenters. The van der Waals surface area contributed by atoms with Gasteiger partial charge in [0.05, 0.1) is 5.76 Å². The van der Waals surface area contributed by atoms with E-state index in [0.29, 0.717) is 12.1 Å². The van der Waals surface area contributed by atoms with Crippen LogP contribution in [0.2, 0.25) is 18.1 Å². The van der Waals surface area contributed by atoms with Crippen LogP contribution in [0.15, 0.2) is 24.6 Å². The van der Waals surface area contributed by atoms with Crippen molar-refractivity contribution in [3.05, 3.63) is 24.6 Å². The maximum absolute atomic E-state index is 6.14. The first kappa shape index (κ1) is 18.3. The normalized spacial score (nSPS) is 13.4. The van der Waals surface area contributed by atoms with Gasteiger partial charge in [-0.3, -0.25) is 0 Å². The minimum Gasteiger partial charge on any atom is -0.544 e. The van der Waals surface area contributed by atoms with Crippen molar-refractivity contribution in [1.82, 2.24) is 4.90 Å². The molecule has 2 nitrogen and oxygen atoms in total. The van der Waals surface area contributed by atoms with Gasteiger partial charge in [0.25, 0.3) is 0 Å². The van der Waals surface area contributed by atoms with Crippen LogP contribution in [0.3, 0.4) is 0 Å². The molecule has 0 aromatic heterocycles. The summed E-state index contributed by atoms with van der Waals surface area (Å²) in [4.78, 5) is 2.31. The van der Waals surface area contributed by atoms with E-state index in [1.165, 1.54) is 0 Å². The maximum Gasteiger partial charge on any atom is 0.250 e. The number of nitrogens with zero attached hydrogens (tertiary/aromatic N) is 1. The van der Waals surface area contributed by atoms with E-state index in [1.807, 2.05) is 6.08 Å². The predicted octanol–water partition coefficient (Wildman–Crippen LogP) is 5.15. The van der Waals surface area contributed by atoms with E-state index < -0.39 is 8.32 Å². The summed E-state index contributed by atoms with van der Waals surface area (Å²) >= 11 is 0. The Morgan fingerprint density at radius 1 is 1.11 bits per heavy atom. The minimum atomic E-state index is -1.76. The predicted molar refractivity (Wildman–Crippen MR) is 88.7 cm³/mol. The highest BCUT2D eigenvalue weighted by Crippen LogP contribution is 2.37. The second-order valence-corrected chi connectivity index (χ2v) is 12.0. The molecule has 0 N–H and O–H groups in total. The molecule has 0 fully saturated rings. The molecule has 0 atom stereocenters. The first-order valence-electron chi connectivity index (χ1n) is 7.22. The molecule has 0 rings (SSSR count). The van der Waals surface area contributed by atoms with Gasteiger partial charge < -0.3 is 9.33 Å². The second-order valence-electron chi connectivity index (χ2n) is 7.28. The quantitative estimate of drug-likeness (QED) is 0.379. The minimum absolute atomic E-state index is 0.208. The number of hydrogen-bond donors (Lipinski definition) is 0. The van der Waals surface area contributed by atoms with Gasteiger partial charge in [0.1, 0.15) is 0 Å². The van der Waals surface area contributed by atoms with Crippen molar-refractivity contribution in [2.24, 2.45) is 0 Å². The van der Waals surface area contributed by atoms with Crippen LogP contribution in [-0.2, 0) is 4.43 Å². The molecule has 0 aliphatic carbocycles. The lowest BCUT2D eigenvalue weighted by Crippen LogP contribution is -2.40. The van der Waals surface area contributed by atoms with Crippen LogP contribution >= 0.6 is 0 Å². The van der Waals surface area contributed by atoms with Gasteiger partial charge in [-0.2, -0.15) is 0 Å². The van der Waals surface area contributed by atoms with Crippen molar-refractivity contribution in [1.29, 1.82) is 0 Å². The highest BCUT2D eigenvalue weighted by molar-refractivity contribution is 6.74. The molecule has 0 saturated carbocycles. The molecular formula is C16H33NOSi. The topological polar surface area (TPSA) is 12.5 Å². The summed E-state index contributed by atoms with van der Waals surface area (Å²) in [6.07, 6.45) is 4.10. The van der Waals surface area contributed by atoms with Crippen LogP contribution in [0.5, 0.6) is 0 Å². The molecule has 0 spiro atoms. The third-order valence-electron chi connectivity index (χ3n) is 3.82. The van der Waals surface area contributed by atoms with Gasteiger partial charge in [0.15, 0.2) is 0 Å². The molecule has 0 aliphatic heterocycles. The largest absolute Gasteiger partial charge is 0.544 e. The molecule has 0 saturated heterocycles. The van der Waals surface area contributed by atoms with Crippen molar-refractivity contribution in [3.8, 4) is 0 Å². The highest BCUT2D eigenvalue weighted by Gasteiger charge is 2.38. The molecule has 0 heterocycles. The van der Waals surface area contributed by atoms with Crippen LogP contribution < -0.4 is 0 Å². The summed E-state index contributed by atoms with van der Waals surface area (Å²) in [5, 5.41) is 0.208. The Balaban J connectivity index is 4.71. The fourth-order valence-electron chi connectivity index (χ4n) is 1.62. The van der Waals surface area contributed by atoms with Crippen LogP contribution in [-0.4, -0.2) is 25.3 Å². The van der Waals surface area contributed by atoms with Crippen molar-refractivity contribution < 1.29 is 4.43 Å². The summed E-state index contributed by atoms with van der Waals surface area (Å²) < 4.78 is 6.14. The Bertz CT molecular complexity index is 316. The molecule has 19 heavy (non-hydrogen) atoms. The average molecular weight is 284 g/mol. The zero-order valence-corrected chi connectivity index (χ0v) is 15.4. The van der Waals surface area contributed by atoms with E-state index in [1.54, 1.807) is 0 Å². The molecule has 0 aromatic rings. The smallest absolute Gasteiger partial charge is 0.250 e. The number of rotatable bonds is 6. The third kappa shape index (κ3) is 5.85. The van der Waals surface area contributed by atoms with E-state index >= 15 is 0 Å². The van der Waals surface area contributed by atoms with Crippen LogP contribution in [0.25, 0.3) is 0 Å². The standard InChI is InChI=1S/C16H33NOSi/c1-13(2)17(14(3)4)12-11-15(5)18-19(9,10)16(6,7)8/h11-14H,5H2,1-4,6-10H3/b12-11+. The first-order chi connectivity index (χ1) is 8.38. The molecule has 3 heteroatoms. The van der Waals surface area contributed by atoms with Gasteiger partial charge in [-0.15, -0.1) is 0 Å². The summed E-state index contributed by atoms with van der Waals surface area (Å²) in [6.45, 7) is 24.0. The summed E-state index contributed by atoms with van der Waals surface area (Å²) in [6, 6.07) is 0.967. The SMILES string of the molecule is C=C(/C=C/N(C(C)C)C(C)C)O[Si](C)(C)C(C)(C)C. The van der Waals surface area contributed by atoms with Gasteiger partial charge in [0.2, 0.25) is 8.32 Å². The van der Waals surface area contributed by atoms with E-state index in [-0.39, 0.29) is 5.04 Å². The molecule has 0 bridgehead atoms. The Labute approximate surface area is 121 Å². The zero-order valence-electron chi connectivity index (χ0n) is 14.4. The third-order valence-corrected chi connectivity index (χ3v) is 8.20. The van der Waals surface area contributed by atoms with Gasteiger partial charge in [-0.05, 0) is 51.9 Å². The molecule has 0 radical (unpaired) electrons. The molecular weight excluding hydrogens is 250 g/mol. The Kier molecular flexibility index (Phi) is 6.40. The van der Waals surface area contributed by atoms with E-state index in [2.05, 4.69) is 79.2 Å². The lowest BCUT2D eigenvalue weighted by atomic mass is 10.2. The lowest BCUT2D eigenvalue weighted by Gasteiger charge is -2.36. The number of hydrogen-bond acceptors (Lipinski definition) is 2. The summed E-state index contributed by atoms with van der Waals surface area (Å²) in [5.41, 5.74) is 0. The van der Waals surface area contributed by atoms with Gasteiger partial charge >= 0.3 is 0 Å². The Hall–Kier alpha value is -0.703. The van der Waals surface area contributed by atoms with Crippen LogP contribution in [0, 0.1) is 0 Å². The van der Waals surface area contributed by atoms with Crippen molar-refractivity contribution in [2.45, 2.75) is 78.7 Å². The Morgan fingerprint density at radius 2 is 1.53 bits per heavy atom. The van der Waals surface area contributed by atoms with Crippen molar-refractivity contribution in [2.75, 3.05) is 0 Å². The fourth-order valence-corrected chi connectivity index (χ4v) is 2.65. The van der Waals surface area contributed by atoms with Crippen LogP contribution in [0.1, 0.15) is 48.5 Å². The molecule has 112 valence electrons. The van der Waals surface area contributed by atoms with Gasteiger partial charge in [-0.25, -0.2) is 0 Å². The Morgan fingerprint density at radius 3 is 1.84 bits per heavy atom. The fraction of sp³-hybridized carbons (Fsp3) is 0.750. The summed E-state index contributed by atoms with van der Waals surface area (Å²) in [7, 11) is -1.76. The van der Waals surface area contributed by atoms with E-state index in [4.69, 9.17) is 4.43 Å². The van der Waals surface area contributed by atoms with Gasteiger partial charge in [0, 0.05) is 18.3 Å². The monoisotopic (exact) mass is 283 g/mol. The highest BCUT2D eigenvalue weighted by atomic mass is 28.4. The average Bonchev–Trinajstić information content (AvgIpc) is 2.13. The molecule has 0 aliphatic rings. The maximum atomic E-state index is 6.14. The molecule has 0 amide bonds. The van der Waals surface area contributed by atoms with E-state index in [0.717, 1.165) is 5.76 Å². The number of allylic oxidation sites excluding steroid dienone is 1. The van der Waals surface area contributed by atoms with E-state index in [9.17, 15) is 0 Å². The van der Waals surface area contributed by atoms with Crippen LogP contribution in [0.4, 0.5) is 0 Å². The lowest BCUT2D eigenvalue weighted by molar-refractivity contribution is 0.255. The zero-order chi connectivity index (χ0) is 15.4. The summed E-state index contributed by atoms with van der Waals surface area (Å²) in [5.74, 6) is 0.776. The second kappa shape index (κ2) is 6.64. The first-order valence-corrected chi connectivity index (χ1v) is 10.1. The van der Waals surface area contributed by atoms with Gasteiger partial charge in [-0.1, -0.05) is 27.4 Å². The molecule has 0 aromatic carbocycles. The van der Waals surface area contributed by atoms with Crippen molar-refractivity contribution in [3.63, 3.8) is 0 Å².